The molecule has 2 amide bonds. The van der Waals surface area contributed by atoms with E-state index in [0.717, 1.165) is 12.0 Å². The van der Waals surface area contributed by atoms with Crippen LogP contribution in [0.15, 0.2) is 47.1 Å². The molecule has 24 heavy (non-hydrogen) atoms. The van der Waals surface area contributed by atoms with Crippen LogP contribution in [0.25, 0.3) is 0 Å². The van der Waals surface area contributed by atoms with Gasteiger partial charge in [0.15, 0.2) is 12.4 Å². The van der Waals surface area contributed by atoms with Crippen molar-refractivity contribution in [2.45, 2.75) is 19.4 Å². The summed E-state index contributed by atoms with van der Waals surface area (Å²) in [6.07, 6.45) is 2.22. The van der Waals surface area contributed by atoms with E-state index in [2.05, 4.69) is 5.32 Å². The van der Waals surface area contributed by atoms with E-state index in [9.17, 15) is 9.59 Å². The molecule has 126 valence electrons. The molecule has 1 atom stereocenters. The normalized spacial score (nSPS) is 16.9. The Labute approximate surface area is 140 Å². The SMILES string of the molecule is Cc1ccoc1C(=O)N[C@H]1CCN(C(=O)COc2ccccc2)C1. The molecule has 0 bridgehead atoms. The van der Waals surface area contributed by atoms with Gasteiger partial charge in [-0.15, -0.1) is 0 Å². The Hall–Kier alpha value is -2.76. The van der Waals surface area contributed by atoms with E-state index < -0.39 is 0 Å². The fourth-order valence-electron chi connectivity index (χ4n) is 2.71. The summed E-state index contributed by atoms with van der Waals surface area (Å²) in [5, 5.41) is 2.91. The number of nitrogens with one attached hydrogen (secondary N) is 1. The first-order valence-electron chi connectivity index (χ1n) is 7.94. The van der Waals surface area contributed by atoms with E-state index >= 15 is 0 Å². The second-order valence-electron chi connectivity index (χ2n) is 5.83. The van der Waals surface area contributed by atoms with Gasteiger partial charge in [-0.25, -0.2) is 0 Å². The lowest BCUT2D eigenvalue weighted by atomic mass is 10.2. The molecule has 3 rings (SSSR count). The Balaban J connectivity index is 1.47. The fraction of sp³-hybridized carbons (Fsp3) is 0.333. The Kier molecular flexibility index (Phi) is 4.84. The average molecular weight is 328 g/mol. The highest BCUT2D eigenvalue weighted by Gasteiger charge is 2.28. The van der Waals surface area contributed by atoms with E-state index in [-0.39, 0.29) is 24.5 Å². The zero-order chi connectivity index (χ0) is 16.9. The average Bonchev–Trinajstić information content (AvgIpc) is 3.22. The molecule has 1 saturated heterocycles. The number of para-hydroxylation sites is 1. The van der Waals surface area contributed by atoms with Gasteiger partial charge in [-0.2, -0.15) is 0 Å². The van der Waals surface area contributed by atoms with Crippen molar-refractivity contribution in [2.24, 2.45) is 0 Å². The molecule has 1 fully saturated rings. The number of furan rings is 1. The molecule has 6 nitrogen and oxygen atoms in total. The van der Waals surface area contributed by atoms with Crippen LogP contribution in [0.3, 0.4) is 0 Å². The third-order valence-electron chi connectivity index (χ3n) is 4.05. The second-order valence-corrected chi connectivity index (χ2v) is 5.83. The Morgan fingerprint density at radius 2 is 2.08 bits per heavy atom. The minimum atomic E-state index is -0.239. The van der Waals surface area contributed by atoms with E-state index in [4.69, 9.17) is 9.15 Å². The third-order valence-corrected chi connectivity index (χ3v) is 4.05. The molecule has 1 aromatic heterocycles. The molecule has 2 aromatic rings. The molecule has 0 saturated carbocycles. The third kappa shape index (κ3) is 3.76. The summed E-state index contributed by atoms with van der Waals surface area (Å²) in [6, 6.07) is 10.9. The van der Waals surface area contributed by atoms with Crippen molar-refractivity contribution in [3.63, 3.8) is 0 Å². The summed E-state index contributed by atoms with van der Waals surface area (Å²) in [7, 11) is 0. The largest absolute Gasteiger partial charge is 0.484 e. The standard InChI is InChI=1S/C18H20N2O4/c1-13-8-10-23-17(13)18(22)19-14-7-9-20(11-14)16(21)12-24-15-5-3-2-4-6-15/h2-6,8,10,14H,7,9,11-12H2,1H3,(H,19,22)/t14-/m0/s1. The van der Waals surface area contributed by atoms with Crippen LogP contribution in [-0.4, -0.2) is 42.5 Å². The van der Waals surface area contributed by atoms with Crippen molar-refractivity contribution >= 4 is 11.8 Å². The van der Waals surface area contributed by atoms with E-state index in [0.29, 0.717) is 24.6 Å². The number of carbonyl (C=O) groups excluding carboxylic acids is 2. The Bertz CT molecular complexity index is 711. The summed E-state index contributed by atoms with van der Waals surface area (Å²) in [4.78, 5) is 26.1. The number of likely N-dealkylation sites (tertiary alicyclic amines) is 1. The van der Waals surface area contributed by atoms with Crippen LogP contribution >= 0.6 is 0 Å². The van der Waals surface area contributed by atoms with Crippen LogP contribution in [-0.2, 0) is 4.79 Å². The summed E-state index contributed by atoms with van der Waals surface area (Å²) >= 11 is 0. The zero-order valence-corrected chi connectivity index (χ0v) is 13.5. The fourth-order valence-corrected chi connectivity index (χ4v) is 2.71. The maximum atomic E-state index is 12.2. The smallest absolute Gasteiger partial charge is 0.287 e. The molecule has 1 aliphatic rings. The number of nitrogens with zero attached hydrogens (tertiary/aromatic N) is 1. The van der Waals surface area contributed by atoms with Crippen LogP contribution in [0.1, 0.15) is 22.5 Å². The van der Waals surface area contributed by atoms with E-state index in [1.165, 1.54) is 6.26 Å². The van der Waals surface area contributed by atoms with Crippen molar-refractivity contribution in [3.8, 4) is 5.75 Å². The predicted octanol–water partition coefficient (Wildman–Crippen LogP) is 2.00. The predicted molar refractivity (Wildman–Crippen MR) is 87.8 cm³/mol. The Morgan fingerprint density at radius 3 is 2.79 bits per heavy atom. The number of aryl methyl sites for hydroxylation is 1. The lowest BCUT2D eigenvalue weighted by Crippen LogP contribution is -2.39. The van der Waals surface area contributed by atoms with Crippen molar-refractivity contribution < 1.29 is 18.7 Å². The molecule has 6 heteroatoms. The summed E-state index contributed by atoms with van der Waals surface area (Å²) < 4.78 is 10.7. The number of amides is 2. The van der Waals surface area contributed by atoms with Crippen molar-refractivity contribution in [1.29, 1.82) is 0 Å². The molecule has 0 spiro atoms. The van der Waals surface area contributed by atoms with Gasteiger partial charge in [0.25, 0.3) is 11.8 Å². The molecule has 1 aromatic carbocycles. The van der Waals surface area contributed by atoms with Gasteiger partial charge in [-0.3, -0.25) is 9.59 Å². The summed E-state index contributed by atoms with van der Waals surface area (Å²) in [5.41, 5.74) is 0.801. The van der Waals surface area contributed by atoms with Gasteiger partial charge >= 0.3 is 0 Å². The number of hydrogen-bond donors (Lipinski definition) is 1. The highest BCUT2D eigenvalue weighted by molar-refractivity contribution is 5.93. The monoisotopic (exact) mass is 328 g/mol. The van der Waals surface area contributed by atoms with Crippen LogP contribution in [0, 0.1) is 6.92 Å². The van der Waals surface area contributed by atoms with E-state index in [1.54, 1.807) is 11.0 Å². The second kappa shape index (κ2) is 7.21. The topological polar surface area (TPSA) is 71.8 Å². The van der Waals surface area contributed by atoms with E-state index in [1.807, 2.05) is 37.3 Å². The summed E-state index contributed by atoms with van der Waals surface area (Å²) in [6.45, 7) is 2.92. The molecule has 0 unspecified atom stereocenters. The van der Waals surface area contributed by atoms with Crippen molar-refractivity contribution in [1.82, 2.24) is 10.2 Å². The lowest BCUT2D eigenvalue weighted by Gasteiger charge is -2.17. The minimum absolute atomic E-state index is 0.00196. The maximum Gasteiger partial charge on any atom is 0.287 e. The Morgan fingerprint density at radius 1 is 1.29 bits per heavy atom. The van der Waals surface area contributed by atoms with Gasteiger partial charge in [0.2, 0.25) is 0 Å². The van der Waals surface area contributed by atoms with Gasteiger partial charge in [0.05, 0.1) is 6.26 Å². The van der Waals surface area contributed by atoms with Gasteiger partial charge in [-0.05, 0) is 31.5 Å². The molecule has 0 radical (unpaired) electrons. The lowest BCUT2D eigenvalue weighted by molar-refractivity contribution is -0.132. The number of benzene rings is 1. The quantitative estimate of drug-likeness (QED) is 0.911. The van der Waals surface area contributed by atoms with Gasteiger partial charge in [0.1, 0.15) is 5.75 Å². The van der Waals surface area contributed by atoms with Gasteiger partial charge < -0.3 is 19.4 Å². The molecular weight excluding hydrogens is 308 g/mol. The van der Waals surface area contributed by atoms with Crippen LogP contribution in [0.2, 0.25) is 0 Å². The first kappa shape index (κ1) is 16.1. The first-order chi connectivity index (χ1) is 11.6. The molecule has 2 heterocycles. The zero-order valence-electron chi connectivity index (χ0n) is 13.5. The van der Waals surface area contributed by atoms with Crippen LogP contribution in [0.5, 0.6) is 5.75 Å². The number of rotatable bonds is 5. The minimum Gasteiger partial charge on any atom is -0.484 e. The van der Waals surface area contributed by atoms with Crippen LogP contribution < -0.4 is 10.1 Å². The van der Waals surface area contributed by atoms with Gasteiger partial charge in [0, 0.05) is 24.7 Å². The van der Waals surface area contributed by atoms with Crippen molar-refractivity contribution in [2.75, 3.05) is 19.7 Å². The highest BCUT2D eigenvalue weighted by atomic mass is 16.5. The number of carbonyl (C=O) groups is 2. The van der Waals surface area contributed by atoms with Crippen molar-refractivity contribution in [3.05, 3.63) is 54.0 Å². The van der Waals surface area contributed by atoms with Gasteiger partial charge in [-0.1, -0.05) is 18.2 Å². The first-order valence-corrected chi connectivity index (χ1v) is 7.94. The highest BCUT2D eigenvalue weighted by Crippen LogP contribution is 2.14. The number of hydrogen-bond acceptors (Lipinski definition) is 4. The molecule has 1 N–H and O–H groups in total. The number of ether oxygens (including phenoxy) is 1. The molecule has 0 aliphatic carbocycles. The molecule has 1 aliphatic heterocycles. The maximum absolute atomic E-state index is 12.2. The summed E-state index contributed by atoms with van der Waals surface area (Å²) in [5.74, 6) is 0.678. The van der Waals surface area contributed by atoms with Crippen LogP contribution in [0.4, 0.5) is 0 Å². The molecular formula is C18H20N2O4.